The van der Waals surface area contributed by atoms with Gasteiger partial charge in [-0.1, -0.05) is 36.4 Å². The first-order valence-corrected chi connectivity index (χ1v) is 9.72. The monoisotopic (exact) mass is 390 g/mol. The third kappa shape index (κ3) is 8.22. The van der Waals surface area contributed by atoms with Crippen LogP contribution in [0.25, 0.3) is 0 Å². The Labute approximate surface area is 162 Å². The fourth-order valence-electron chi connectivity index (χ4n) is 2.21. The molecular weight excluding hydrogens is 368 g/mol. The van der Waals surface area contributed by atoms with Crippen LogP contribution in [-0.2, 0) is 27.3 Å². The van der Waals surface area contributed by atoms with E-state index in [1.54, 1.807) is 11.3 Å². The van der Waals surface area contributed by atoms with E-state index in [-0.39, 0.29) is 29.8 Å². The summed E-state index contributed by atoms with van der Waals surface area (Å²) in [6, 6.07) is 14.0. The molecule has 0 unspecified atom stereocenters. The zero-order chi connectivity index (χ0) is 18.6. The van der Waals surface area contributed by atoms with Crippen molar-refractivity contribution in [3.8, 4) is 0 Å². The average molecular weight is 391 g/mol. The van der Waals surface area contributed by atoms with E-state index in [9.17, 15) is 9.59 Å². The maximum Gasteiger partial charge on any atom is 0.306 e. The summed E-state index contributed by atoms with van der Waals surface area (Å²) in [6.07, 6.45) is 1.72. The van der Waals surface area contributed by atoms with Crippen molar-refractivity contribution in [1.82, 2.24) is 10.6 Å². The van der Waals surface area contributed by atoms with Crippen molar-refractivity contribution in [2.45, 2.75) is 32.2 Å². The number of thiocarbonyl (C=S) groups is 1. The van der Waals surface area contributed by atoms with Gasteiger partial charge in [-0.05, 0) is 42.1 Å². The number of esters is 1. The van der Waals surface area contributed by atoms with Crippen molar-refractivity contribution < 1.29 is 14.3 Å². The minimum atomic E-state index is -0.370. The Bertz CT molecular complexity index is 703. The molecule has 2 aromatic rings. The summed E-state index contributed by atoms with van der Waals surface area (Å²) in [5.41, 5.74) is 1.21. The lowest BCUT2D eigenvalue weighted by atomic mass is 10.1. The third-order valence-electron chi connectivity index (χ3n) is 3.53. The molecular formula is C19H22N2O3S2. The average Bonchev–Trinajstić information content (AvgIpc) is 3.16. The lowest BCUT2D eigenvalue weighted by molar-refractivity contribution is -0.145. The van der Waals surface area contributed by atoms with Crippen LogP contribution in [0.3, 0.4) is 0 Å². The number of nitrogens with one attached hydrogen (secondary N) is 2. The molecule has 26 heavy (non-hydrogen) atoms. The Hall–Kier alpha value is -2.25. The molecule has 0 aliphatic rings. The van der Waals surface area contributed by atoms with Crippen molar-refractivity contribution in [3.05, 3.63) is 58.3 Å². The topological polar surface area (TPSA) is 67.4 Å². The molecule has 1 aromatic carbocycles. The van der Waals surface area contributed by atoms with E-state index < -0.39 is 0 Å². The second-order valence-corrected chi connectivity index (χ2v) is 7.06. The number of carbonyl (C=O) groups is 2. The summed E-state index contributed by atoms with van der Waals surface area (Å²) < 4.78 is 5.15. The molecule has 5 nitrogen and oxygen atoms in total. The van der Waals surface area contributed by atoms with Crippen LogP contribution in [0.4, 0.5) is 0 Å². The number of hydrogen-bond donors (Lipinski definition) is 2. The molecule has 0 radical (unpaired) electrons. The van der Waals surface area contributed by atoms with Gasteiger partial charge in [0, 0.05) is 11.3 Å². The van der Waals surface area contributed by atoms with Gasteiger partial charge in [0.2, 0.25) is 5.91 Å². The van der Waals surface area contributed by atoms with Gasteiger partial charge >= 0.3 is 5.97 Å². The number of rotatable bonds is 9. The molecule has 0 fully saturated rings. The largest absolute Gasteiger partial charge is 0.466 e. The summed E-state index contributed by atoms with van der Waals surface area (Å²) >= 11 is 6.67. The van der Waals surface area contributed by atoms with Crippen molar-refractivity contribution in [2.75, 3.05) is 6.61 Å². The molecule has 0 spiro atoms. The number of aryl methyl sites for hydroxylation is 1. The van der Waals surface area contributed by atoms with Gasteiger partial charge in [-0.25, -0.2) is 0 Å². The highest BCUT2D eigenvalue weighted by atomic mass is 32.1. The summed E-state index contributed by atoms with van der Waals surface area (Å²) in [5.74, 6) is -0.666. The van der Waals surface area contributed by atoms with Crippen molar-refractivity contribution in [3.63, 3.8) is 0 Å². The highest BCUT2D eigenvalue weighted by Gasteiger charge is 2.09. The van der Waals surface area contributed by atoms with Crippen molar-refractivity contribution >= 4 is 40.5 Å². The molecule has 0 aliphatic heterocycles. The van der Waals surface area contributed by atoms with Gasteiger partial charge in [0.25, 0.3) is 0 Å². The molecule has 138 valence electrons. The molecule has 2 rings (SSSR count). The Morgan fingerprint density at radius 2 is 1.88 bits per heavy atom. The smallest absolute Gasteiger partial charge is 0.306 e. The molecule has 0 saturated carbocycles. The summed E-state index contributed by atoms with van der Waals surface area (Å²) in [5, 5.41) is 7.76. The van der Waals surface area contributed by atoms with Gasteiger partial charge in [-0.2, -0.15) is 0 Å². The van der Waals surface area contributed by atoms with Crippen LogP contribution in [0.1, 0.15) is 29.7 Å². The van der Waals surface area contributed by atoms with E-state index in [2.05, 4.69) is 10.6 Å². The second kappa shape index (κ2) is 11.4. The van der Waals surface area contributed by atoms with E-state index in [0.29, 0.717) is 13.2 Å². The van der Waals surface area contributed by atoms with Gasteiger partial charge in [0.05, 0.1) is 19.6 Å². The number of thiophene rings is 1. The predicted octanol–water partition coefficient (Wildman–Crippen LogP) is 3.20. The molecule has 7 heteroatoms. The van der Waals surface area contributed by atoms with Crippen LogP contribution in [0.2, 0.25) is 0 Å². The van der Waals surface area contributed by atoms with Crippen LogP contribution >= 0.6 is 23.6 Å². The van der Waals surface area contributed by atoms with Crippen LogP contribution in [0.5, 0.6) is 0 Å². The minimum Gasteiger partial charge on any atom is -0.466 e. The molecule has 1 amide bonds. The Morgan fingerprint density at radius 3 is 2.62 bits per heavy atom. The molecule has 0 aliphatic carbocycles. The third-order valence-corrected chi connectivity index (χ3v) is 4.65. The molecule has 1 aromatic heterocycles. The molecule has 1 heterocycles. The fraction of sp³-hybridized carbons (Fsp3) is 0.316. The van der Waals surface area contributed by atoms with Crippen molar-refractivity contribution in [1.29, 1.82) is 0 Å². The number of benzene rings is 1. The highest BCUT2D eigenvalue weighted by Crippen LogP contribution is 2.07. The highest BCUT2D eigenvalue weighted by molar-refractivity contribution is 7.80. The Balaban J connectivity index is 1.52. The first-order chi connectivity index (χ1) is 12.6. The normalized spacial score (nSPS) is 10.2. The van der Waals surface area contributed by atoms with Crippen LogP contribution in [-0.4, -0.2) is 23.6 Å². The van der Waals surface area contributed by atoms with Gasteiger partial charge < -0.3 is 15.4 Å². The molecule has 0 atom stereocenters. The standard InChI is InChI=1S/C19H22N2O3S2/c22-17(21-19(25)20-14-16-9-5-13-26-16)10-11-18(23)24-12-4-8-15-6-2-1-3-7-15/h1-3,5-7,9,13H,4,8,10-12,14H2,(H2,20,21,22,25). The summed E-state index contributed by atoms with van der Waals surface area (Å²) in [6.45, 7) is 0.927. The number of ether oxygens (including phenoxy) is 1. The Morgan fingerprint density at radius 1 is 1.08 bits per heavy atom. The minimum absolute atomic E-state index is 0.0463. The lowest BCUT2D eigenvalue weighted by Crippen LogP contribution is -2.38. The zero-order valence-electron chi connectivity index (χ0n) is 14.4. The van der Waals surface area contributed by atoms with Crippen LogP contribution < -0.4 is 10.6 Å². The van der Waals surface area contributed by atoms with E-state index in [0.717, 1.165) is 17.7 Å². The first-order valence-electron chi connectivity index (χ1n) is 8.43. The van der Waals surface area contributed by atoms with Gasteiger partial charge in [-0.15, -0.1) is 11.3 Å². The molecule has 0 saturated heterocycles. The van der Waals surface area contributed by atoms with E-state index in [4.69, 9.17) is 17.0 Å². The van der Waals surface area contributed by atoms with Crippen LogP contribution in [0, 0.1) is 0 Å². The summed E-state index contributed by atoms with van der Waals surface area (Å²) in [4.78, 5) is 24.6. The quantitative estimate of drug-likeness (QED) is 0.391. The van der Waals surface area contributed by atoms with E-state index in [1.165, 1.54) is 5.56 Å². The van der Waals surface area contributed by atoms with E-state index in [1.807, 2.05) is 47.8 Å². The Kier molecular flexibility index (Phi) is 8.78. The summed E-state index contributed by atoms with van der Waals surface area (Å²) in [7, 11) is 0. The van der Waals surface area contributed by atoms with Gasteiger partial charge in [-0.3, -0.25) is 9.59 Å². The van der Waals surface area contributed by atoms with Gasteiger partial charge in [0.15, 0.2) is 5.11 Å². The SMILES string of the molecule is O=C(CCC(=O)OCCCc1ccccc1)NC(=S)NCc1cccs1. The van der Waals surface area contributed by atoms with Gasteiger partial charge in [0.1, 0.15) is 0 Å². The molecule has 2 N–H and O–H groups in total. The first kappa shape index (κ1) is 20.1. The van der Waals surface area contributed by atoms with Crippen LogP contribution in [0.15, 0.2) is 47.8 Å². The maximum absolute atomic E-state index is 11.8. The number of amides is 1. The molecule has 0 bridgehead atoms. The maximum atomic E-state index is 11.8. The number of carbonyl (C=O) groups excluding carboxylic acids is 2. The van der Waals surface area contributed by atoms with E-state index >= 15 is 0 Å². The van der Waals surface area contributed by atoms with Crippen molar-refractivity contribution in [2.24, 2.45) is 0 Å². The fourth-order valence-corrected chi connectivity index (χ4v) is 3.04. The second-order valence-electron chi connectivity index (χ2n) is 5.62. The number of hydrogen-bond acceptors (Lipinski definition) is 5. The lowest BCUT2D eigenvalue weighted by Gasteiger charge is -2.09. The zero-order valence-corrected chi connectivity index (χ0v) is 16.0. The predicted molar refractivity (Wildman–Crippen MR) is 107 cm³/mol.